The SMILES string of the molecule is CCCCCC/C=C\CCCCCCCCCC(=O)OCC(COC(=O)CCCCCCC/C=C\CCCCCCCCCCC)OC(=O)CCCCCCCCCCCCCCCCCCC. The van der Waals surface area contributed by atoms with Crippen LogP contribution in [0.2, 0.25) is 0 Å². The molecule has 0 amide bonds. The molecule has 0 N–H and O–H groups in total. The van der Waals surface area contributed by atoms with Crippen LogP contribution in [0.15, 0.2) is 24.3 Å². The Balaban J connectivity index is 4.34. The highest BCUT2D eigenvalue weighted by Gasteiger charge is 2.19. The van der Waals surface area contributed by atoms with Gasteiger partial charge in [0.2, 0.25) is 0 Å². The monoisotopic (exact) mass is 957 g/mol. The molecule has 6 heteroatoms. The second-order valence-electron chi connectivity index (χ2n) is 20.6. The summed E-state index contributed by atoms with van der Waals surface area (Å²) < 4.78 is 16.9. The van der Waals surface area contributed by atoms with E-state index in [-0.39, 0.29) is 31.1 Å². The van der Waals surface area contributed by atoms with Crippen LogP contribution < -0.4 is 0 Å². The van der Waals surface area contributed by atoms with E-state index in [4.69, 9.17) is 14.2 Å². The lowest BCUT2D eigenvalue weighted by Gasteiger charge is -2.18. The summed E-state index contributed by atoms with van der Waals surface area (Å²) in [5, 5.41) is 0. The smallest absolute Gasteiger partial charge is 0.306 e. The summed E-state index contributed by atoms with van der Waals surface area (Å²) in [7, 11) is 0. The van der Waals surface area contributed by atoms with Gasteiger partial charge >= 0.3 is 17.9 Å². The molecule has 1 unspecified atom stereocenters. The molecule has 6 nitrogen and oxygen atoms in total. The molecular weight excluding hydrogens is 841 g/mol. The van der Waals surface area contributed by atoms with Crippen molar-refractivity contribution in [1.82, 2.24) is 0 Å². The Morgan fingerprint density at radius 2 is 0.485 bits per heavy atom. The van der Waals surface area contributed by atoms with Gasteiger partial charge in [0, 0.05) is 19.3 Å². The van der Waals surface area contributed by atoms with Crippen LogP contribution in [0, 0.1) is 0 Å². The van der Waals surface area contributed by atoms with Gasteiger partial charge in [0.15, 0.2) is 6.10 Å². The zero-order valence-corrected chi connectivity index (χ0v) is 45.9. The van der Waals surface area contributed by atoms with Gasteiger partial charge < -0.3 is 14.2 Å². The summed E-state index contributed by atoms with van der Waals surface area (Å²) in [6, 6.07) is 0. The molecular formula is C62H116O6. The van der Waals surface area contributed by atoms with Gasteiger partial charge in [0.1, 0.15) is 13.2 Å². The first-order valence-electron chi connectivity index (χ1n) is 30.3. The summed E-state index contributed by atoms with van der Waals surface area (Å²) in [4.78, 5) is 38.2. The van der Waals surface area contributed by atoms with Crippen LogP contribution in [0.1, 0.15) is 335 Å². The molecule has 0 radical (unpaired) electrons. The van der Waals surface area contributed by atoms with Crippen molar-refractivity contribution in [2.45, 2.75) is 341 Å². The topological polar surface area (TPSA) is 78.9 Å². The number of unbranched alkanes of at least 4 members (excludes halogenated alkanes) is 41. The van der Waals surface area contributed by atoms with Crippen LogP contribution in [0.3, 0.4) is 0 Å². The van der Waals surface area contributed by atoms with Gasteiger partial charge in [0.25, 0.3) is 0 Å². The van der Waals surface area contributed by atoms with Crippen molar-refractivity contribution in [3.63, 3.8) is 0 Å². The predicted molar refractivity (Wildman–Crippen MR) is 293 cm³/mol. The van der Waals surface area contributed by atoms with Gasteiger partial charge in [0.05, 0.1) is 0 Å². The highest BCUT2D eigenvalue weighted by molar-refractivity contribution is 5.71. The van der Waals surface area contributed by atoms with Gasteiger partial charge in [-0.05, 0) is 70.6 Å². The first-order valence-corrected chi connectivity index (χ1v) is 30.3. The Morgan fingerprint density at radius 3 is 0.750 bits per heavy atom. The Bertz CT molecular complexity index is 1100. The first-order chi connectivity index (χ1) is 33.5. The van der Waals surface area contributed by atoms with Crippen molar-refractivity contribution in [3.05, 3.63) is 24.3 Å². The normalized spacial score (nSPS) is 12.1. The van der Waals surface area contributed by atoms with Crippen LogP contribution >= 0.6 is 0 Å². The van der Waals surface area contributed by atoms with Crippen LogP contribution in [-0.4, -0.2) is 37.2 Å². The Kier molecular flexibility index (Phi) is 55.7. The number of hydrogen-bond donors (Lipinski definition) is 0. The van der Waals surface area contributed by atoms with Crippen molar-refractivity contribution >= 4 is 17.9 Å². The summed E-state index contributed by atoms with van der Waals surface area (Å²) in [6.07, 6.45) is 67.4. The van der Waals surface area contributed by atoms with E-state index in [2.05, 4.69) is 45.1 Å². The van der Waals surface area contributed by atoms with E-state index in [9.17, 15) is 14.4 Å². The maximum absolute atomic E-state index is 12.9. The number of carbonyl (C=O) groups is 3. The van der Waals surface area contributed by atoms with Crippen molar-refractivity contribution < 1.29 is 28.6 Å². The number of esters is 3. The molecule has 0 aromatic rings. The summed E-state index contributed by atoms with van der Waals surface area (Å²) in [5.74, 6) is -0.861. The number of carbonyl (C=O) groups excluding carboxylic acids is 3. The second kappa shape index (κ2) is 57.5. The maximum atomic E-state index is 12.9. The van der Waals surface area contributed by atoms with E-state index < -0.39 is 6.10 Å². The molecule has 0 spiro atoms. The lowest BCUT2D eigenvalue weighted by atomic mass is 10.0. The second-order valence-corrected chi connectivity index (χ2v) is 20.6. The molecule has 0 saturated carbocycles. The molecule has 0 aromatic carbocycles. The fourth-order valence-electron chi connectivity index (χ4n) is 9.08. The van der Waals surface area contributed by atoms with Gasteiger partial charge in [-0.25, -0.2) is 0 Å². The zero-order chi connectivity index (χ0) is 49.3. The number of ether oxygens (including phenoxy) is 3. The lowest BCUT2D eigenvalue weighted by Crippen LogP contribution is -2.30. The number of hydrogen-bond acceptors (Lipinski definition) is 6. The van der Waals surface area contributed by atoms with Crippen LogP contribution in [0.5, 0.6) is 0 Å². The van der Waals surface area contributed by atoms with E-state index in [1.165, 1.54) is 231 Å². The van der Waals surface area contributed by atoms with Gasteiger partial charge in [-0.15, -0.1) is 0 Å². The molecule has 0 aliphatic carbocycles. The molecule has 0 aliphatic rings. The minimum atomic E-state index is -0.773. The minimum Gasteiger partial charge on any atom is -0.462 e. The molecule has 0 rings (SSSR count). The van der Waals surface area contributed by atoms with Crippen molar-refractivity contribution in [2.24, 2.45) is 0 Å². The molecule has 0 heterocycles. The largest absolute Gasteiger partial charge is 0.462 e. The van der Waals surface area contributed by atoms with Gasteiger partial charge in [-0.1, -0.05) is 270 Å². The molecule has 1 atom stereocenters. The maximum Gasteiger partial charge on any atom is 0.306 e. The fourth-order valence-corrected chi connectivity index (χ4v) is 9.08. The molecule has 68 heavy (non-hydrogen) atoms. The molecule has 0 saturated heterocycles. The fraction of sp³-hybridized carbons (Fsp3) is 0.887. The molecule has 0 fully saturated rings. The van der Waals surface area contributed by atoms with Crippen LogP contribution in [-0.2, 0) is 28.6 Å². The highest BCUT2D eigenvalue weighted by Crippen LogP contribution is 2.17. The van der Waals surface area contributed by atoms with E-state index in [0.29, 0.717) is 19.3 Å². The third-order valence-electron chi connectivity index (χ3n) is 13.7. The quantitative estimate of drug-likeness (QED) is 0.0262. The van der Waals surface area contributed by atoms with E-state index in [1.807, 2.05) is 0 Å². The lowest BCUT2D eigenvalue weighted by molar-refractivity contribution is -0.167. The summed E-state index contributed by atoms with van der Waals surface area (Å²) >= 11 is 0. The van der Waals surface area contributed by atoms with Crippen molar-refractivity contribution in [1.29, 1.82) is 0 Å². The Labute approximate surface area is 423 Å². The van der Waals surface area contributed by atoms with Crippen molar-refractivity contribution in [2.75, 3.05) is 13.2 Å². The van der Waals surface area contributed by atoms with Crippen LogP contribution in [0.25, 0.3) is 0 Å². The third-order valence-corrected chi connectivity index (χ3v) is 13.7. The van der Waals surface area contributed by atoms with Crippen LogP contribution in [0.4, 0.5) is 0 Å². The average Bonchev–Trinajstić information content (AvgIpc) is 3.34. The van der Waals surface area contributed by atoms with Crippen molar-refractivity contribution in [3.8, 4) is 0 Å². The van der Waals surface area contributed by atoms with E-state index in [1.54, 1.807) is 0 Å². The van der Waals surface area contributed by atoms with Gasteiger partial charge in [-0.3, -0.25) is 14.4 Å². The summed E-state index contributed by atoms with van der Waals surface area (Å²) in [6.45, 7) is 6.67. The predicted octanol–water partition coefficient (Wildman–Crippen LogP) is 20.3. The standard InChI is InChI=1S/C62H116O6/c1-4-7-10-13-16-19-22-25-28-30-32-34-37-40-43-46-49-52-55-61(64)67-58-59(57-66-60(63)54-51-48-45-42-39-36-33-27-24-21-18-15-12-9-6-3)68-62(65)56-53-50-47-44-41-38-35-31-29-26-23-20-17-14-11-8-5-2/h21,24,32,34,59H,4-20,22-23,25-31,33,35-58H2,1-3H3/b24-21-,34-32-. The third kappa shape index (κ3) is 54.8. The number of rotatable bonds is 56. The molecule has 0 aromatic heterocycles. The number of allylic oxidation sites excluding steroid dienone is 4. The Hall–Kier alpha value is -2.11. The molecule has 0 bridgehead atoms. The minimum absolute atomic E-state index is 0.0717. The highest BCUT2D eigenvalue weighted by atomic mass is 16.6. The Morgan fingerprint density at radius 1 is 0.279 bits per heavy atom. The zero-order valence-electron chi connectivity index (χ0n) is 45.9. The van der Waals surface area contributed by atoms with Gasteiger partial charge in [-0.2, -0.15) is 0 Å². The molecule has 0 aliphatic heterocycles. The first kappa shape index (κ1) is 65.9. The molecule has 400 valence electrons. The summed E-state index contributed by atoms with van der Waals surface area (Å²) in [5.41, 5.74) is 0. The van der Waals surface area contributed by atoms with E-state index in [0.717, 1.165) is 64.2 Å². The average molecular weight is 958 g/mol. The van der Waals surface area contributed by atoms with E-state index >= 15 is 0 Å².